The highest BCUT2D eigenvalue weighted by atomic mass is 127. The molecule has 24 heteroatoms. The van der Waals surface area contributed by atoms with Crippen molar-refractivity contribution < 1.29 is 17.7 Å². The lowest BCUT2D eigenvalue weighted by Crippen LogP contribution is -1.92. The number of anilines is 8. The number of halogens is 8. The van der Waals surface area contributed by atoms with Crippen LogP contribution in [0.5, 0.6) is 0 Å². The molecule has 0 spiro atoms. The minimum atomic E-state index is 0.728. The molecule has 0 radical (unpaired) electrons. The number of rotatable bonds is 4. The second kappa shape index (κ2) is 42.9. The van der Waals surface area contributed by atoms with Crippen LogP contribution in [0.1, 0.15) is 66.8 Å². The number of nitrogen functional groups attached to an aromatic ring is 8. The zero-order valence-corrected chi connectivity index (χ0v) is 69.1. The summed E-state index contributed by atoms with van der Waals surface area (Å²) in [4.78, 5) is 15.5. The van der Waals surface area contributed by atoms with Crippen molar-refractivity contribution in [3.8, 4) is 45.3 Å². The summed E-state index contributed by atoms with van der Waals surface area (Å²) in [5, 5.41) is 0. The number of oxazole rings is 4. The van der Waals surface area contributed by atoms with Gasteiger partial charge in [-0.25, -0.2) is 19.9 Å². The van der Waals surface area contributed by atoms with Gasteiger partial charge in [0.15, 0.2) is 48.6 Å². The molecule has 0 saturated heterocycles. The zero-order chi connectivity index (χ0) is 71.9. The lowest BCUT2D eigenvalue weighted by molar-refractivity contribution is 0.571. The molecule has 0 aliphatic heterocycles. The summed E-state index contributed by atoms with van der Waals surface area (Å²) in [6.07, 6.45) is 12.5. The van der Waals surface area contributed by atoms with E-state index in [1.165, 1.54) is 70.1 Å². The summed E-state index contributed by atoms with van der Waals surface area (Å²) >= 11 is 22.2. The number of nitrogens with zero attached hydrogens (tertiary/aromatic N) is 4. The van der Waals surface area contributed by atoms with Gasteiger partial charge in [0.1, 0.15) is 0 Å². The van der Waals surface area contributed by atoms with Crippen molar-refractivity contribution in [3.63, 3.8) is 0 Å². The summed E-state index contributed by atoms with van der Waals surface area (Å²) < 4.78 is 24.9. The first-order valence-electron chi connectivity index (χ1n) is 28.9. The number of nitrogens with two attached hydrogens (primary N) is 8. The number of aromatic nitrogens is 4. The van der Waals surface area contributed by atoms with Crippen LogP contribution in [0.2, 0.25) is 0 Å². The number of hydrogen-bond donors (Lipinski definition) is 8. The van der Waals surface area contributed by atoms with Crippen molar-refractivity contribution >= 4 is 179 Å². The maximum absolute atomic E-state index is 5.79. The van der Waals surface area contributed by atoms with Gasteiger partial charge in [-0.3, -0.25) is 0 Å². The average Bonchev–Trinajstić information content (AvgIpc) is 1.29. The first kappa shape index (κ1) is 83.6. The summed E-state index contributed by atoms with van der Waals surface area (Å²) in [7, 11) is 0. The van der Waals surface area contributed by atoms with Crippen LogP contribution in [0.15, 0.2) is 198 Å². The quantitative estimate of drug-likeness (QED) is 0.0600. The van der Waals surface area contributed by atoms with Gasteiger partial charge < -0.3 is 63.5 Å². The average molecular weight is 1910 g/mol. The van der Waals surface area contributed by atoms with Gasteiger partial charge in [-0.15, -0.1) is 0 Å². The maximum Gasteiger partial charge on any atom is 0.181 e. The Labute approximate surface area is 638 Å². The van der Waals surface area contributed by atoms with Crippen LogP contribution in [0, 0.1) is 90.2 Å². The molecule has 0 aliphatic rings. The van der Waals surface area contributed by atoms with Crippen LogP contribution in [-0.4, -0.2) is 19.9 Å². The topological polar surface area (TPSA) is 312 Å². The smallest absolute Gasteiger partial charge is 0.181 e. The molecular weight excluding hydrogens is 1830 g/mol. The van der Waals surface area contributed by atoms with E-state index in [1.807, 2.05) is 143 Å². The van der Waals surface area contributed by atoms with Crippen LogP contribution in [0.4, 0.5) is 45.5 Å². The fourth-order valence-corrected chi connectivity index (χ4v) is 10.3. The molecule has 0 aliphatic carbocycles. The van der Waals surface area contributed by atoms with Crippen molar-refractivity contribution in [1.29, 1.82) is 0 Å². The van der Waals surface area contributed by atoms with Crippen molar-refractivity contribution in [3.05, 3.63) is 255 Å². The molecule has 0 atom stereocenters. The molecule has 0 bridgehead atoms. The van der Waals surface area contributed by atoms with Crippen molar-refractivity contribution in [1.82, 2.24) is 19.9 Å². The van der Waals surface area contributed by atoms with Gasteiger partial charge in [0.2, 0.25) is 0 Å². The van der Waals surface area contributed by atoms with Gasteiger partial charge in [0, 0.05) is 140 Å². The third-order valence-electron chi connectivity index (χ3n) is 14.3. The maximum atomic E-state index is 5.79. The molecular formula is C72H80Br6I2N12O4. The molecule has 16 N–H and O–H groups in total. The Kier molecular flexibility index (Phi) is 37.3. The van der Waals surface area contributed by atoms with Crippen LogP contribution >= 0.6 is 134 Å². The van der Waals surface area contributed by atoms with Gasteiger partial charge in [0.05, 0.1) is 24.8 Å². The molecule has 508 valence electrons. The number of aryl methyl sites for hydroxylation is 12. The largest absolute Gasteiger partial charge is 0.444 e. The van der Waals surface area contributed by atoms with E-state index in [0.717, 1.165) is 129 Å². The molecule has 16 nitrogen and oxygen atoms in total. The molecule has 0 unspecified atom stereocenters. The predicted octanol–water partition coefficient (Wildman–Crippen LogP) is 22.6. The second-order valence-electron chi connectivity index (χ2n) is 21.6. The van der Waals surface area contributed by atoms with Crippen LogP contribution in [0.3, 0.4) is 0 Å². The van der Waals surface area contributed by atoms with E-state index in [0.29, 0.717) is 0 Å². The van der Waals surface area contributed by atoms with E-state index in [4.69, 9.17) is 63.5 Å². The van der Waals surface area contributed by atoms with E-state index in [2.05, 4.69) is 215 Å². The van der Waals surface area contributed by atoms with Gasteiger partial charge >= 0.3 is 0 Å². The minimum Gasteiger partial charge on any atom is -0.444 e. The number of hydrogen-bond acceptors (Lipinski definition) is 16. The fraction of sp³-hybridized carbons (Fsp3) is 0.167. The standard InChI is InChI=1S/C10H9BrN2O.C10H9IN2O.2C10H10N2O.C8H10BrN.C8H10IN.2C8H11N.2Br2/c2*1-6-2-9(12)8(11)3-7(6)10-4-13-5-14-10;2*1-7-4-8(11)2-3-9(7)10-5-12-6-13-10;2*1-5-3-7(9)8(10)4-6(5)2;2*1-6-3-4-8(9)5-7(6)2;2*1-2/h2*2-5H,12H2,1H3;2*2-6H,11H2,1H3;2*3-4H,10H2,1-2H3;2*3-5H,9H2,1-2H3;;. The monoisotopic (exact) mass is 1900 g/mol. The highest BCUT2D eigenvalue weighted by molar-refractivity contribution is 14.1. The van der Waals surface area contributed by atoms with Crippen LogP contribution < -0.4 is 45.9 Å². The van der Waals surface area contributed by atoms with E-state index in [-0.39, 0.29) is 0 Å². The lowest BCUT2D eigenvalue weighted by Gasteiger charge is -2.05. The SMILES string of the molecule is BrBr.BrBr.Cc1cc(N)c(Br)cc1-c1cnco1.Cc1cc(N)c(Br)cc1C.Cc1cc(N)c(I)cc1-c1cnco1.Cc1cc(N)c(I)cc1C.Cc1cc(N)ccc1-c1cnco1.Cc1cc(N)ccc1-c1cnco1.Cc1ccc(N)cc1C.Cc1ccc(N)cc1C. The Morgan fingerprint density at radius 2 is 0.521 bits per heavy atom. The second-order valence-corrected chi connectivity index (χ2v) is 25.6. The normalized spacial score (nSPS) is 9.79. The molecule has 0 fully saturated rings. The zero-order valence-electron chi connectivity index (χ0n) is 55.2. The van der Waals surface area contributed by atoms with E-state index < -0.39 is 0 Å². The Balaban J connectivity index is 0.000000285. The minimum absolute atomic E-state index is 0.728. The van der Waals surface area contributed by atoms with Crippen molar-refractivity contribution in [2.75, 3.05) is 45.9 Å². The Morgan fingerprint density at radius 3 is 0.833 bits per heavy atom. The summed E-state index contributed by atoms with van der Waals surface area (Å²) in [6, 6.07) is 39.2. The third-order valence-corrected chi connectivity index (χ3v) is 17.5. The van der Waals surface area contributed by atoms with Crippen molar-refractivity contribution in [2.24, 2.45) is 0 Å². The molecule has 96 heavy (non-hydrogen) atoms. The summed E-state index contributed by atoms with van der Waals surface area (Å²) in [6.45, 7) is 24.5. The number of benzene rings is 8. The van der Waals surface area contributed by atoms with Gasteiger partial charge in [-0.2, -0.15) is 0 Å². The summed E-state index contributed by atoms with van der Waals surface area (Å²) in [5.41, 5.74) is 70.3. The first-order valence-corrected chi connectivity index (χ1v) is 40.1. The molecule has 12 aromatic rings. The highest BCUT2D eigenvalue weighted by Crippen LogP contribution is 2.32. The lowest BCUT2D eigenvalue weighted by atomic mass is 10.1. The van der Waals surface area contributed by atoms with Gasteiger partial charge in [-0.05, 0) is 336 Å². The third kappa shape index (κ3) is 27.7. The molecule has 4 aromatic heterocycles. The van der Waals surface area contributed by atoms with E-state index in [9.17, 15) is 0 Å². The predicted molar refractivity (Wildman–Crippen MR) is 442 cm³/mol. The Bertz CT molecular complexity index is 3940. The summed E-state index contributed by atoms with van der Waals surface area (Å²) in [5.74, 6) is 3.08. The van der Waals surface area contributed by atoms with Crippen LogP contribution in [-0.2, 0) is 0 Å². The first-order chi connectivity index (χ1) is 45.5. The van der Waals surface area contributed by atoms with E-state index in [1.54, 1.807) is 24.8 Å². The molecule has 4 heterocycles. The van der Waals surface area contributed by atoms with E-state index >= 15 is 0 Å². The molecule has 0 amide bonds. The van der Waals surface area contributed by atoms with Gasteiger partial charge in [-0.1, -0.05) is 12.1 Å². The Hall–Kier alpha value is -6.66. The molecule has 0 saturated carbocycles. The Morgan fingerprint density at radius 1 is 0.271 bits per heavy atom. The molecule has 8 aromatic carbocycles. The highest BCUT2D eigenvalue weighted by Gasteiger charge is 2.11. The van der Waals surface area contributed by atoms with Crippen LogP contribution in [0.25, 0.3) is 45.3 Å². The fourth-order valence-electron chi connectivity index (χ4n) is 8.40. The van der Waals surface area contributed by atoms with Crippen molar-refractivity contribution in [2.45, 2.75) is 83.1 Å². The molecule has 12 rings (SSSR count). The van der Waals surface area contributed by atoms with Gasteiger partial charge in [0.25, 0.3) is 0 Å².